The Morgan fingerprint density at radius 3 is 2.69 bits per heavy atom. The lowest BCUT2D eigenvalue weighted by Gasteiger charge is -2.31. The van der Waals surface area contributed by atoms with Gasteiger partial charge in [-0.15, -0.1) is 0 Å². The molecule has 7 nitrogen and oxygen atoms in total. The van der Waals surface area contributed by atoms with Crippen molar-refractivity contribution in [3.63, 3.8) is 0 Å². The summed E-state index contributed by atoms with van der Waals surface area (Å²) in [4.78, 5) is 18.2. The predicted molar refractivity (Wildman–Crippen MR) is 99.6 cm³/mol. The van der Waals surface area contributed by atoms with Crippen LogP contribution in [0.25, 0.3) is 11.0 Å². The number of carbonyl (C=O) groups excluding carboxylic acids is 1. The number of benzene rings is 1. The standard InChI is InChI=1S/C16H21FN4O3S2/c1-2-7-26(23,24)21-5-3-11(4-6-21)18-15(22)12-8-10(17)9-13-14(12)20-16(25)19-13/h8-9,11H,2-7H2,1H3,(H,18,22)(H2,19,20,25). The Bertz CT molecular complexity index is 975. The molecule has 2 heterocycles. The summed E-state index contributed by atoms with van der Waals surface area (Å²) in [6, 6.07) is 2.28. The van der Waals surface area contributed by atoms with Gasteiger partial charge in [0.05, 0.1) is 22.3 Å². The monoisotopic (exact) mass is 400 g/mol. The van der Waals surface area contributed by atoms with Crippen LogP contribution in [0.5, 0.6) is 0 Å². The van der Waals surface area contributed by atoms with Gasteiger partial charge < -0.3 is 15.3 Å². The molecule has 0 saturated carbocycles. The average Bonchev–Trinajstić information content (AvgIpc) is 2.94. The highest BCUT2D eigenvalue weighted by molar-refractivity contribution is 7.89. The first kappa shape index (κ1) is 19.0. The lowest BCUT2D eigenvalue weighted by Crippen LogP contribution is -2.47. The van der Waals surface area contributed by atoms with Crippen LogP contribution in [0.2, 0.25) is 0 Å². The first-order chi connectivity index (χ1) is 12.3. The number of aromatic nitrogens is 2. The highest BCUT2D eigenvalue weighted by Crippen LogP contribution is 2.20. The summed E-state index contributed by atoms with van der Waals surface area (Å²) in [7, 11) is -3.22. The van der Waals surface area contributed by atoms with Crippen molar-refractivity contribution >= 4 is 39.2 Å². The van der Waals surface area contributed by atoms with Gasteiger partial charge in [0.1, 0.15) is 5.82 Å². The third-order valence-corrected chi connectivity index (χ3v) is 6.76. The lowest BCUT2D eigenvalue weighted by atomic mass is 10.1. The van der Waals surface area contributed by atoms with Gasteiger partial charge in [-0.25, -0.2) is 17.1 Å². The Balaban J connectivity index is 1.70. The number of carbonyl (C=O) groups is 1. The second-order valence-corrected chi connectivity index (χ2v) is 8.91. The minimum Gasteiger partial charge on any atom is -0.349 e. The fraction of sp³-hybridized carbons (Fsp3) is 0.500. The van der Waals surface area contributed by atoms with Crippen LogP contribution in [0, 0.1) is 10.6 Å². The van der Waals surface area contributed by atoms with Crippen molar-refractivity contribution in [2.24, 2.45) is 0 Å². The van der Waals surface area contributed by atoms with Crippen molar-refractivity contribution in [2.45, 2.75) is 32.2 Å². The van der Waals surface area contributed by atoms with Crippen LogP contribution >= 0.6 is 12.2 Å². The molecule has 1 saturated heterocycles. The number of nitrogens with zero attached hydrogens (tertiary/aromatic N) is 1. The molecule has 142 valence electrons. The maximum absolute atomic E-state index is 13.8. The number of halogens is 1. The van der Waals surface area contributed by atoms with Gasteiger partial charge in [-0.05, 0) is 43.6 Å². The Morgan fingerprint density at radius 1 is 1.35 bits per heavy atom. The second-order valence-electron chi connectivity index (χ2n) is 6.42. The molecule has 26 heavy (non-hydrogen) atoms. The van der Waals surface area contributed by atoms with Gasteiger partial charge in [0.2, 0.25) is 10.0 Å². The fourth-order valence-corrected chi connectivity index (χ4v) is 4.97. The van der Waals surface area contributed by atoms with Gasteiger partial charge in [-0.3, -0.25) is 4.79 Å². The summed E-state index contributed by atoms with van der Waals surface area (Å²) in [5, 5.41) is 2.87. The molecular formula is C16H21FN4O3S2. The first-order valence-corrected chi connectivity index (χ1v) is 10.5. The number of hydrogen-bond acceptors (Lipinski definition) is 4. The second kappa shape index (κ2) is 7.45. The molecule has 1 aromatic heterocycles. The number of H-pyrrole nitrogens is 2. The number of nitrogens with one attached hydrogen (secondary N) is 3. The van der Waals surface area contributed by atoms with E-state index in [0.717, 1.165) is 6.07 Å². The molecule has 0 atom stereocenters. The molecule has 10 heteroatoms. The largest absolute Gasteiger partial charge is 0.349 e. The number of sulfonamides is 1. The van der Waals surface area contributed by atoms with Gasteiger partial charge in [0.15, 0.2) is 4.77 Å². The Hall–Kier alpha value is -1.78. The number of hydrogen-bond donors (Lipinski definition) is 3. The van der Waals surface area contributed by atoms with Crippen LogP contribution in [0.15, 0.2) is 12.1 Å². The molecule has 1 amide bonds. The molecular weight excluding hydrogens is 379 g/mol. The van der Waals surface area contributed by atoms with Crippen molar-refractivity contribution in [1.82, 2.24) is 19.6 Å². The SMILES string of the molecule is CCCS(=O)(=O)N1CCC(NC(=O)c2cc(F)cc3[nH]c(=S)[nH]c23)CC1. The highest BCUT2D eigenvalue weighted by atomic mass is 32.2. The Labute approximate surface area is 156 Å². The zero-order valence-electron chi connectivity index (χ0n) is 14.3. The minimum atomic E-state index is -3.22. The van der Waals surface area contributed by atoms with Gasteiger partial charge in [0.25, 0.3) is 5.91 Å². The zero-order chi connectivity index (χ0) is 18.9. The van der Waals surface area contributed by atoms with Crippen LogP contribution in [-0.4, -0.2) is 53.5 Å². The average molecular weight is 401 g/mol. The summed E-state index contributed by atoms with van der Waals surface area (Å²) in [6.07, 6.45) is 1.62. The summed E-state index contributed by atoms with van der Waals surface area (Å²) in [6.45, 7) is 2.58. The van der Waals surface area contributed by atoms with Gasteiger partial charge in [-0.2, -0.15) is 0 Å². The smallest absolute Gasteiger partial charge is 0.253 e. The van der Waals surface area contributed by atoms with Crippen molar-refractivity contribution in [3.05, 3.63) is 28.3 Å². The molecule has 0 radical (unpaired) electrons. The lowest BCUT2D eigenvalue weighted by molar-refractivity contribution is 0.0925. The molecule has 1 fully saturated rings. The summed E-state index contributed by atoms with van der Waals surface area (Å²) >= 11 is 5.01. The van der Waals surface area contributed by atoms with E-state index >= 15 is 0 Å². The predicted octanol–water partition coefficient (Wildman–Crippen LogP) is 2.30. The van der Waals surface area contributed by atoms with E-state index in [-0.39, 0.29) is 17.4 Å². The highest BCUT2D eigenvalue weighted by Gasteiger charge is 2.28. The molecule has 1 aromatic carbocycles. The number of amides is 1. The van der Waals surface area contributed by atoms with E-state index in [1.165, 1.54) is 10.4 Å². The Kier molecular flexibility index (Phi) is 5.44. The number of piperidine rings is 1. The fourth-order valence-electron chi connectivity index (χ4n) is 3.21. The molecule has 3 N–H and O–H groups in total. The molecule has 2 aromatic rings. The molecule has 3 rings (SSSR count). The molecule has 0 unspecified atom stereocenters. The van der Waals surface area contributed by atoms with Gasteiger partial charge >= 0.3 is 0 Å². The molecule has 1 aliphatic heterocycles. The van der Waals surface area contributed by atoms with Crippen LogP contribution in [0.3, 0.4) is 0 Å². The topological polar surface area (TPSA) is 98.1 Å². The van der Waals surface area contributed by atoms with Crippen LogP contribution in [-0.2, 0) is 10.0 Å². The number of rotatable bonds is 5. The maximum Gasteiger partial charge on any atom is 0.253 e. The van der Waals surface area contributed by atoms with E-state index < -0.39 is 21.7 Å². The zero-order valence-corrected chi connectivity index (χ0v) is 16.0. The quantitative estimate of drug-likeness (QED) is 0.671. The van der Waals surface area contributed by atoms with E-state index in [4.69, 9.17) is 12.2 Å². The third kappa shape index (κ3) is 3.97. The van der Waals surface area contributed by atoms with Crippen LogP contribution < -0.4 is 5.32 Å². The normalized spacial score (nSPS) is 16.8. The summed E-state index contributed by atoms with van der Waals surface area (Å²) < 4.78 is 39.8. The van der Waals surface area contributed by atoms with E-state index in [2.05, 4.69) is 15.3 Å². The van der Waals surface area contributed by atoms with Crippen LogP contribution in [0.1, 0.15) is 36.5 Å². The maximum atomic E-state index is 13.8. The molecule has 0 aliphatic carbocycles. The van der Waals surface area contributed by atoms with Crippen molar-refractivity contribution in [1.29, 1.82) is 0 Å². The van der Waals surface area contributed by atoms with Gasteiger partial charge in [0, 0.05) is 19.1 Å². The van der Waals surface area contributed by atoms with E-state index in [0.29, 0.717) is 48.2 Å². The van der Waals surface area contributed by atoms with E-state index in [9.17, 15) is 17.6 Å². The van der Waals surface area contributed by atoms with E-state index in [1.54, 1.807) is 0 Å². The third-order valence-electron chi connectivity index (χ3n) is 4.48. The molecule has 0 spiro atoms. The summed E-state index contributed by atoms with van der Waals surface area (Å²) in [5.74, 6) is -0.805. The van der Waals surface area contributed by atoms with Crippen molar-refractivity contribution in [2.75, 3.05) is 18.8 Å². The van der Waals surface area contributed by atoms with Crippen molar-refractivity contribution in [3.8, 4) is 0 Å². The minimum absolute atomic E-state index is 0.137. The van der Waals surface area contributed by atoms with Crippen molar-refractivity contribution < 1.29 is 17.6 Å². The molecule has 1 aliphatic rings. The summed E-state index contributed by atoms with van der Waals surface area (Å²) in [5.41, 5.74) is 1.06. The van der Waals surface area contributed by atoms with Gasteiger partial charge in [-0.1, -0.05) is 6.92 Å². The number of fused-ring (bicyclic) bond motifs is 1. The van der Waals surface area contributed by atoms with Crippen LogP contribution in [0.4, 0.5) is 4.39 Å². The van der Waals surface area contributed by atoms with E-state index in [1.807, 2.05) is 6.92 Å². The number of aromatic amines is 2. The first-order valence-electron chi connectivity index (χ1n) is 8.50. The number of imidazole rings is 1. The Morgan fingerprint density at radius 2 is 2.04 bits per heavy atom. The molecule has 0 bridgehead atoms.